The number of hydrogen-bond donors (Lipinski definition) is 3. The summed E-state index contributed by atoms with van der Waals surface area (Å²) in [5.41, 5.74) is 1.30. The van der Waals surface area contributed by atoms with Gasteiger partial charge in [-0.15, -0.1) is 0 Å². The van der Waals surface area contributed by atoms with Gasteiger partial charge in [-0.2, -0.15) is 0 Å². The van der Waals surface area contributed by atoms with E-state index in [4.69, 9.17) is 5.11 Å². The highest BCUT2D eigenvalue weighted by atomic mass is 79.9. The van der Waals surface area contributed by atoms with Crippen molar-refractivity contribution in [3.63, 3.8) is 0 Å². The quantitative estimate of drug-likeness (QED) is 0.658. The van der Waals surface area contributed by atoms with Crippen molar-refractivity contribution in [1.29, 1.82) is 0 Å². The highest BCUT2D eigenvalue weighted by Gasteiger charge is 2.44. The molecule has 0 unspecified atom stereocenters. The lowest BCUT2D eigenvalue weighted by Gasteiger charge is -2.17. The van der Waals surface area contributed by atoms with Crippen LogP contribution in [0, 0.1) is 0 Å². The van der Waals surface area contributed by atoms with E-state index in [1.165, 1.54) is 5.56 Å². The molecule has 0 saturated heterocycles. The maximum atomic E-state index is 11.7. The van der Waals surface area contributed by atoms with E-state index in [2.05, 4.69) is 38.7 Å². The van der Waals surface area contributed by atoms with Crippen LogP contribution in [0.5, 0.6) is 0 Å². The van der Waals surface area contributed by atoms with Crippen LogP contribution < -0.4 is 10.6 Å². The molecule has 0 atom stereocenters. The van der Waals surface area contributed by atoms with Gasteiger partial charge in [-0.05, 0) is 37.0 Å². The van der Waals surface area contributed by atoms with Crippen LogP contribution in [-0.4, -0.2) is 30.2 Å². The van der Waals surface area contributed by atoms with Gasteiger partial charge in [0.25, 0.3) is 0 Å². The van der Waals surface area contributed by atoms with Gasteiger partial charge >= 0.3 is 12.0 Å². The molecule has 1 aliphatic rings. The van der Waals surface area contributed by atoms with Crippen molar-refractivity contribution < 1.29 is 14.7 Å². The lowest BCUT2D eigenvalue weighted by Crippen LogP contribution is -2.40. The first-order valence-corrected chi connectivity index (χ1v) is 7.81. The molecule has 1 aliphatic carbocycles. The molecular weight excluding hydrogens is 336 g/mol. The Morgan fingerprint density at radius 1 is 1.29 bits per heavy atom. The monoisotopic (exact) mass is 354 g/mol. The number of rotatable bonds is 7. The second-order valence-electron chi connectivity index (χ2n) is 5.40. The third kappa shape index (κ3) is 4.74. The molecule has 0 aromatic heterocycles. The standard InChI is InChI=1S/C15H19BrN2O3/c16-12-4-1-3-11(9-12)15(6-7-15)10-18-14(21)17-8-2-5-13(19)20/h1,3-4,9H,2,5-8,10H2,(H,19,20)(H2,17,18,21). The van der Waals surface area contributed by atoms with Crippen LogP contribution in [0.2, 0.25) is 0 Å². The summed E-state index contributed by atoms with van der Waals surface area (Å²) < 4.78 is 1.05. The first-order valence-electron chi connectivity index (χ1n) is 7.01. The lowest BCUT2D eigenvalue weighted by atomic mass is 9.96. The lowest BCUT2D eigenvalue weighted by molar-refractivity contribution is -0.137. The summed E-state index contributed by atoms with van der Waals surface area (Å²) in [6.07, 6.45) is 2.66. The molecule has 1 aromatic carbocycles. The Morgan fingerprint density at radius 3 is 2.67 bits per heavy atom. The van der Waals surface area contributed by atoms with Crippen molar-refractivity contribution in [1.82, 2.24) is 10.6 Å². The Bertz CT molecular complexity index is 529. The number of urea groups is 1. The van der Waals surface area contributed by atoms with Crippen LogP contribution in [-0.2, 0) is 10.2 Å². The van der Waals surface area contributed by atoms with Gasteiger partial charge in [0, 0.05) is 29.4 Å². The number of halogens is 1. The molecule has 2 amide bonds. The first kappa shape index (κ1) is 15.8. The zero-order chi connectivity index (χ0) is 15.3. The molecule has 0 bridgehead atoms. The third-order valence-corrected chi connectivity index (χ3v) is 4.22. The van der Waals surface area contributed by atoms with Gasteiger partial charge in [-0.3, -0.25) is 4.79 Å². The molecule has 1 fully saturated rings. The number of carbonyl (C=O) groups is 2. The van der Waals surface area contributed by atoms with Gasteiger partial charge in [0.2, 0.25) is 0 Å². The van der Waals surface area contributed by atoms with Crippen LogP contribution >= 0.6 is 15.9 Å². The molecule has 114 valence electrons. The summed E-state index contributed by atoms with van der Waals surface area (Å²) in [7, 11) is 0. The van der Waals surface area contributed by atoms with Crippen LogP contribution in [0.1, 0.15) is 31.2 Å². The van der Waals surface area contributed by atoms with Crippen molar-refractivity contribution in [3.05, 3.63) is 34.3 Å². The number of amides is 2. The van der Waals surface area contributed by atoms with Crippen LogP contribution in [0.15, 0.2) is 28.7 Å². The Labute approximate surface area is 132 Å². The fraction of sp³-hybridized carbons (Fsp3) is 0.467. The fourth-order valence-electron chi connectivity index (χ4n) is 2.29. The van der Waals surface area contributed by atoms with Crippen LogP contribution in [0.4, 0.5) is 4.79 Å². The van der Waals surface area contributed by atoms with Gasteiger partial charge in [-0.1, -0.05) is 28.1 Å². The average molecular weight is 355 g/mol. The average Bonchev–Trinajstić information content (AvgIpc) is 3.22. The summed E-state index contributed by atoms with van der Waals surface area (Å²) in [5.74, 6) is -0.844. The molecule has 0 radical (unpaired) electrons. The molecule has 1 saturated carbocycles. The molecule has 6 heteroatoms. The molecule has 1 aromatic rings. The van der Waals surface area contributed by atoms with Crippen LogP contribution in [0.3, 0.4) is 0 Å². The van der Waals surface area contributed by atoms with Gasteiger partial charge in [0.1, 0.15) is 0 Å². The Hall–Kier alpha value is -1.56. The van der Waals surface area contributed by atoms with Gasteiger partial charge in [-0.25, -0.2) is 4.79 Å². The maximum absolute atomic E-state index is 11.7. The van der Waals surface area contributed by atoms with E-state index in [0.29, 0.717) is 19.5 Å². The van der Waals surface area contributed by atoms with Crippen molar-refractivity contribution in [3.8, 4) is 0 Å². The number of carbonyl (C=O) groups excluding carboxylic acids is 1. The number of aliphatic carboxylic acids is 1. The Morgan fingerprint density at radius 2 is 2.05 bits per heavy atom. The minimum atomic E-state index is -0.844. The topological polar surface area (TPSA) is 78.4 Å². The van der Waals surface area contributed by atoms with E-state index in [-0.39, 0.29) is 17.9 Å². The zero-order valence-electron chi connectivity index (χ0n) is 11.7. The maximum Gasteiger partial charge on any atom is 0.314 e. The van der Waals surface area contributed by atoms with E-state index in [1.807, 2.05) is 12.1 Å². The van der Waals surface area contributed by atoms with E-state index in [0.717, 1.165) is 17.3 Å². The van der Waals surface area contributed by atoms with Crippen LogP contribution in [0.25, 0.3) is 0 Å². The van der Waals surface area contributed by atoms with E-state index >= 15 is 0 Å². The Kier molecular flexibility index (Phi) is 5.22. The zero-order valence-corrected chi connectivity index (χ0v) is 13.3. The van der Waals surface area contributed by atoms with Gasteiger partial charge < -0.3 is 15.7 Å². The minimum Gasteiger partial charge on any atom is -0.481 e. The summed E-state index contributed by atoms with van der Waals surface area (Å²) in [6, 6.07) is 7.94. The number of carboxylic acids is 1. The number of nitrogens with one attached hydrogen (secondary N) is 2. The molecule has 0 spiro atoms. The van der Waals surface area contributed by atoms with E-state index < -0.39 is 5.97 Å². The van der Waals surface area contributed by atoms with Crippen molar-refractivity contribution in [2.75, 3.05) is 13.1 Å². The Balaban J connectivity index is 1.75. The third-order valence-electron chi connectivity index (χ3n) is 3.73. The smallest absolute Gasteiger partial charge is 0.314 e. The fourth-order valence-corrected chi connectivity index (χ4v) is 2.69. The largest absolute Gasteiger partial charge is 0.481 e. The molecule has 2 rings (SSSR count). The highest BCUT2D eigenvalue weighted by Crippen LogP contribution is 2.48. The summed E-state index contributed by atoms with van der Waals surface area (Å²) in [6.45, 7) is 0.982. The normalized spacial score (nSPS) is 15.3. The number of hydrogen-bond acceptors (Lipinski definition) is 2. The second kappa shape index (κ2) is 6.93. The molecule has 5 nitrogen and oxygen atoms in total. The molecule has 21 heavy (non-hydrogen) atoms. The summed E-state index contributed by atoms with van der Waals surface area (Å²) >= 11 is 3.47. The minimum absolute atomic E-state index is 0.0577. The number of carboxylic acid groups (broad SMARTS) is 1. The van der Waals surface area contributed by atoms with Gasteiger partial charge in [0.05, 0.1) is 0 Å². The molecule has 3 N–H and O–H groups in total. The SMILES string of the molecule is O=C(O)CCCNC(=O)NCC1(c2cccc(Br)c2)CC1. The number of benzene rings is 1. The van der Waals surface area contributed by atoms with Crippen molar-refractivity contribution in [2.24, 2.45) is 0 Å². The molecule has 0 aliphatic heterocycles. The summed E-state index contributed by atoms with van der Waals surface area (Å²) in [4.78, 5) is 22.0. The predicted molar refractivity (Wildman–Crippen MR) is 83.3 cm³/mol. The van der Waals surface area contributed by atoms with Crippen molar-refractivity contribution in [2.45, 2.75) is 31.1 Å². The van der Waals surface area contributed by atoms with E-state index in [1.54, 1.807) is 0 Å². The van der Waals surface area contributed by atoms with E-state index in [9.17, 15) is 9.59 Å². The van der Waals surface area contributed by atoms with Gasteiger partial charge in [0.15, 0.2) is 0 Å². The predicted octanol–water partition coefficient (Wildman–Crippen LogP) is 2.64. The highest BCUT2D eigenvalue weighted by molar-refractivity contribution is 9.10. The molecule has 0 heterocycles. The second-order valence-corrected chi connectivity index (χ2v) is 6.31. The summed E-state index contributed by atoms with van der Waals surface area (Å²) in [5, 5.41) is 14.1. The first-order chi connectivity index (χ1) is 10.0. The molecular formula is C15H19BrN2O3. The van der Waals surface area contributed by atoms with Crippen molar-refractivity contribution >= 4 is 27.9 Å².